The van der Waals surface area contributed by atoms with Gasteiger partial charge in [0.05, 0.1) is 15.7 Å². The van der Waals surface area contributed by atoms with Gasteiger partial charge in [0.25, 0.3) is 5.91 Å². The van der Waals surface area contributed by atoms with Gasteiger partial charge in [-0.25, -0.2) is 0 Å². The number of carbonyl (C=O) groups is 2. The van der Waals surface area contributed by atoms with Crippen LogP contribution in [0, 0.1) is 0 Å². The number of rotatable bonds is 4. The van der Waals surface area contributed by atoms with Crippen LogP contribution in [0.3, 0.4) is 0 Å². The molecule has 0 radical (unpaired) electrons. The molecule has 4 aromatic rings. The van der Waals surface area contributed by atoms with Gasteiger partial charge in [-0.15, -0.1) is 0 Å². The molecule has 0 bridgehead atoms. The van der Waals surface area contributed by atoms with Crippen LogP contribution >= 0.6 is 23.2 Å². The number of fused-ring (bicyclic) bond motifs is 5. The molecule has 7 heteroatoms. The van der Waals surface area contributed by atoms with Gasteiger partial charge in [-0.2, -0.15) is 0 Å². The van der Waals surface area contributed by atoms with E-state index in [-0.39, 0.29) is 30.8 Å². The average molecular weight is 532 g/mol. The Morgan fingerprint density at radius 3 is 2.43 bits per heavy atom. The number of nitrogens with zero attached hydrogens (tertiary/aromatic N) is 2. The molecule has 1 fully saturated rings. The summed E-state index contributed by atoms with van der Waals surface area (Å²) < 4.78 is 0. The normalized spacial score (nSPS) is 21.4. The summed E-state index contributed by atoms with van der Waals surface area (Å²) in [6.45, 7) is 4.76. The minimum absolute atomic E-state index is 0.0196. The highest BCUT2D eigenvalue weighted by Gasteiger charge is 2.56. The number of aryl methyl sites for hydroxylation is 1. The summed E-state index contributed by atoms with van der Waals surface area (Å²) in [6, 6.07) is 22.1. The fourth-order valence-corrected chi connectivity index (χ4v) is 6.27. The van der Waals surface area contributed by atoms with Gasteiger partial charge in [-0.05, 0) is 53.8 Å². The summed E-state index contributed by atoms with van der Waals surface area (Å²) in [6.07, 6.45) is 0.967. The Kier molecular flexibility index (Phi) is 5.81. The van der Waals surface area contributed by atoms with Gasteiger partial charge < -0.3 is 14.8 Å². The summed E-state index contributed by atoms with van der Waals surface area (Å²) in [5.74, 6) is -0.212. The van der Waals surface area contributed by atoms with Gasteiger partial charge >= 0.3 is 0 Å². The molecule has 3 heterocycles. The second kappa shape index (κ2) is 8.93. The number of hydrogen-bond donors (Lipinski definition) is 1. The van der Waals surface area contributed by atoms with E-state index in [1.54, 1.807) is 21.9 Å². The number of amides is 2. The molecule has 2 aliphatic heterocycles. The van der Waals surface area contributed by atoms with Crippen molar-refractivity contribution in [3.63, 3.8) is 0 Å². The second-order valence-electron chi connectivity index (χ2n) is 10.1. The number of halogens is 2. The summed E-state index contributed by atoms with van der Waals surface area (Å²) >= 11 is 12.3. The molecule has 0 aliphatic carbocycles. The lowest BCUT2D eigenvalue weighted by Gasteiger charge is -2.51. The predicted octanol–water partition coefficient (Wildman–Crippen LogP) is 6.27. The lowest BCUT2D eigenvalue weighted by atomic mass is 9.76. The average Bonchev–Trinajstić information content (AvgIpc) is 3.30. The Balaban J connectivity index is 1.47. The Hall–Kier alpha value is -3.28. The SMILES string of the molecule is CCc1ccc(C2CN3C(=O)CN(Cc4ccc(Cl)c(Cl)c4)C(=O)[C@]3(C)c3[nH]c4ccccc4c32)cc1. The standard InChI is InChI=1S/C30H27Cl2N3O2/c1-3-18-8-11-20(12-9-18)22-16-35-26(36)17-34(15-19-10-13-23(31)24(32)14-19)29(37)30(35,2)28-27(22)21-6-4-5-7-25(21)33-28/h4-14,22,33H,3,15-17H2,1-2H3/t22?,30-/m0/s1. The molecule has 1 aromatic heterocycles. The molecule has 188 valence electrons. The van der Waals surface area contributed by atoms with E-state index < -0.39 is 5.54 Å². The van der Waals surface area contributed by atoms with Crippen molar-refractivity contribution in [3.05, 3.63) is 105 Å². The van der Waals surface area contributed by atoms with Crippen LogP contribution in [-0.2, 0) is 28.1 Å². The molecular weight excluding hydrogens is 505 g/mol. The number of carbonyl (C=O) groups excluding carboxylic acids is 2. The monoisotopic (exact) mass is 531 g/mol. The van der Waals surface area contributed by atoms with Crippen LogP contribution in [0.25, 0.3) is 10.9 Å². The molecule has 2 amide bonds. The first-order chi connectivity index (χ1) is 17.8. The summed E-state index contributed by atoms with van der Waals surface area (Å²) in [5.41, 5.74) is 4.95. The molecule has 1 unspecified atom stereocenters. The topological polar surface area (TPSA) is 56.4 Å². The van der Waals surface area contributed by atoms with Crippen molar-refractivity contribution in [2.45, 2.75) is 38.3 Å². The molecule has 37 heavy (non-hydrogen) atoms. The van der Waals surface area contributed by atoms with Gasteiger partial charge in [-0.3, -0.25) is 9.59 Å². The second-order valence-corrected chi connectivity index (χ2v) is 10.9. The number of para-hydroxylation sites is 1. The smallest absolute Gasteiger partial charge is 0.255 e. The van der Waals surface area contributed by atoms with E-state index in [1.165, 1.54) is 5.56 Å². The molecular formula is C30H27Cl2N3O2. The number of hydrogen-bond acceptors (Lipinski definition) is 2. The van der Waals surface area contributed by atoms with Crippen LogP contribution in [0.1, 0.15) is 47.7 Å². The molecule has 1 N–H and O–H groups in total. The molecule has 0 spiro atoms. The van der Waals surface area contributed by atoms with E-state index in [9.17, 15) is 9.59 Å². The Morgan fingerprint density at radius 1 is 0.973 bits per heavy atom. The van der Waals surface area contributed by atoms with Gasteiger partial charge in [0.2, 0.25) is 5.91 Å². The minimum atomic E-state index is -1.14. The molecule has 5 nitrogen and oxygen atoms in total. The number of nitrogens with one attached hydrogen (secondary N) is 1. The lowest BCUT2D eigenvalue weighted by Crippen LogP contribution is -2.67. The van der Waals surface area contributed by atoms with E-state index in [4.69, 9.17) is 23.2 Å². The first-order valence-corrected chi connectivity index (χ1v) is 13.3. The van der Waals surface area contributed by atoms with E-state index in [1.807, 2.05) is 31.2 Å². The number of H-pyrrole nitrogens is 1. The van der Waals surface area contributed by atoms with Crippen LogP contribution in [0.5, 0.6) is 0 Å². The van der Waals surface area contributed by atoms with Crippen molar-refractivity contribution in [1.82, 2.24) is 14.8 Å². The van der Waals surface area contributed by atoms with Crippen molar-refractivity contribution in [2.24, 2.45) is 0 Å². The van der Waals surface area contributed by atoms with Crippen molar-refractivity contribution >= 4 is 45.9 Å². The Labute approximate surface area is 226 Å². The number of piperazine rings is 1. The van der Waals surface area contributed by atoms with Crippen LogP contribution in [0.2, 0.25) is 10.0 Å². The van der Waals surface area contributed by atoms with E-state index in [2.05, 4.69) is 42.2 Å². The fourth-order valence-electron chi connectivity index (χ4n) is 5.95. The van der Waals surface area contributed by atoms with Crippen LogP contribution in [-0.4, -0.2) is 39.7 Å². The molecule has 3 aromatic carbocycles. The first-order valence-electron chi connectivity index (χ1n) is 12.5. The third-order valence-electron chi connectivity index (χ3n) is 7.97. The van der Waals surface area contributed by atoms with Crippen LogP contribution in [0.15, 0.2) is 66.7 Å². The molecule has 6 rings (SSSR count). The highest BCUT2D eigenvalue weighted by Crippen LogP contribution is 2.48. The quantitative estimate of drug-likeness (QED) is 0.337. The third kappa shape index (κ3) is 3.75. The Morgan fingerprint density at radius 2 is 1.70 bits per heavy atom. The Bertz CT molecular complexity index is 1540. The maximum atomic E-state index is 14.2. The molecule has 2 aliphatic rings. The highest BCUT2D eigenvalue weighted by molar-refractivity contribution is 6.42. The maximum Gasteiger partial charge on any atom is 0.255 e. The molecule has 1 saturated heterocycles. The summed E-state index contributed by atoms with van der Waals surface area (Å²) in [7, 11) is 0. The van der Waals surface area contributed by atoms with Gasteiger partial charge in [-0.1, -0.05) is 78.7 Å². The largest absolute Gasteiger partial charge is 0.356 e. The van der Waals surface area contributed by atoms with E-state index in [0.717, 1.165) is 39.7 Å². The lowest BCUT2D eigenvalue weighted by molar-refractivity contribution is -0.166. The van der Waals surface area contributed by atoms with E-state index >= 15 is 0 Å². The van der Waals surface area contributed by atoms with Crippen molar-refractivity contribution < 1.29 is 9.59 Å². The number of aromatic nitrogens is 1. The van der Waals surface area contributed by atoms with Gasteiger partial charge in [0.1, 0.15) is 6.54 Å². The summed E-state index contributed by atoms with van der Waals surface area (Å²) in [4.78, 5) is 34.8. The number of aromatic amines is 1. The summed E-state index contributed by atoms with van der Waals surface area (Å²) in [5, 5.41) is 1.97. The molecule has 2 atom stereocenters. The number of benzene rings is 3. The van der Waals surface area contributed by atoms with Crippen molar-refractivity contribution in [2.75, 3.05) is 13.1 Å². The zero-order valence-electron chi connectivity index (χ0n) is 20.7. The van der Waals surface area contributed by atoms with Crippen molar-refractivity contribution in [3.8, 4) is 0 Å². The van der Waals surface area contributed by atoms with Gasteiger partial charge in [0, 0.05) is 29.9 Å². The van der Waals surface area contributed by atoms with Crippen LogP contribution < -0.4 is 0 Å². The zero-order chi connectivity index (χ0) is 25.9. The van der Waals surface area contributed by atoms with Crippen molar-refractivity contribution in [1.29, 1.82) is 0 Å². The highest BCUT2D eigenvalue weighted by atomic mass is 35.5. The molecule has 0 saturated carbocycles. The zero-order valence-corrected chi connectivity index (χ0v) is 22.2. The third-order valence-corrected chi connectivity index (χ3v) is 8.70. The van der Waals surface area contributed by atoms with E-state index in [0.29, 0.717) is 16.6 Å². The fraction of sp³-hybridized carbons (Fsp3) is 0.267. The first kappa shape index (κ1) is 24.1. The predicted molar refractivity (Wildman–Crippen MR) is 147 cm³/mol. The van der Waals surface area contributed by atoms with Crippen LogP contribution in [0.4, 0.5) is 0 Å². The maximum absolute atomic E-state index is 14.2. The minimum Gasteiger partial charge on any atom is -0.356 e. The van der Waals surface area contributed by atoms with Gasteiger partial charge in [0.15, 0.2) is 5.54 Å².